The predicted molar refractivity (Wildman–Crippen MR) is 178 cm³/mol. The molecule has 0 unspecified atom stereocenters. The monoisotopic (exact) mass is 680 g/mol. The van der Waals surface area contributed by atoms with Crippen LogP contribution in [0.1, 0.15) is 72.9 Å². The van der Waals surface area contributed by atoms with Gasteiger partial charge >= 0.3 is 7.60 Å². The zero-order chi connectivity index (χ0) is 31.6. The third-order valence-electron chi connectivity index (χ3n) is 6.96. The summed E-state index contributed by atoms with van der Waals surface area (Å²) >= 11 is 26.3. The summed E-state index contributed by atoms with van der Waals surface area (Å²) in [6, 6.07) is 17.0. The third kappa shape index (κ3) is 8.35. The Morgan fingerprint density at radius 2 is 0.953 bits per heavy atom. The van der Waals surface area contributed by atoms with E-state index in [2.05, 4.69) is 0 Å². The van der Waals surface area contributed by atoms with Gasteiger partial charge in [0.1, 0.15) is 23.0 Å². The second kappa shape index (κ2) is 13.6. The molecule has 10 heteroatoms. The largest absolute Gasteiger partial charge is 0.508 e. The van der Waals surface area contributed by atoms with Crippen LogP contribution in [0.2, 0.25) is 20.1 Å². The van der Waals surface area contributed by atoms with Gasteiger partial charge in [-0.1, -0.05) is 98.4 Å². The van der Waals surface area contributed by atoms with Crippen molar-refractivity contribution in [2.75, 3.05) is 6.66 Å². The molecule has 0 aliphatic heterocycles. The van der Waals surface area contributed by atoms with Crippen LogP contribution in [0, 0.1) is 0 Å². The van der Waals surface area contributed by atoms with Crippen LogP contribution in [-0.4, -0.2) is 16.9 Å². The Morgan fingerprint density at radius 1 is 0.628 bits per heavy atom. The molecule has 0 atom stereocenters. The van der Waals surface area contributed by atoms with Crippen LogP contribution < -0.4 is 9.05 Å². The first-order valence-corrected chi connectivity index (χ1v) is 17.2. The molecule has 4 aromatic rings. The van der Waals surface area contributed by atoms with Crippen LogP contribution in [-0.2, 0) is 17.4 Å². The lowest BCUT2D eigenvalue weighted by atomic mass is 9.96. The van der Waals surface area contributed by atoms with Gasteiger partial charge in [-0.2, -0.15) is 0 Å². The number of rotatable bonds is 10. The number of aromatic hydroxyl groups is 2. The van der Waals surface area contributed by atoms with Crippen LogP contribution >= 0.6 is 54.0 Å². The predicted octanol–water partition coefficient (Wildman–Crippen LogP) is 11.4. The second-order valence-electron chi connectivity index (χ2n) is 11.1. The first-order valence-electron chi connectivity index (χ1n) is 13.7. The number of benzene rings is 4. The zero-order valence-electron chi connectivity index (χ0n) is 24.4. The fourth-order valence-electron chi connectivity index (χ4n) is 4.77. The van der Waals surface area contributed by atoms with E-state index in [1.54, 1.807) is 12.1 Å². The maximum absolute atomic E-state index is 13.4. The molecule has 4 aromatic carbocycles. The van der Waals surface area contributed by atoms with Crippen molar-refractivity contribution in [2.24, 2.45) is 0 Å². The maximum Gasteiger partial charge on any atom is 0.427 e. The summed E-state index contributed by atoms with van der Waals surface area (Å²) in [5.74, 6) is 1.15. The summed E-state index contributed by atoms with van der Waals surface area (Å²) in [5, 5.41) is 21.6. The van der Waals surface area contributed by atoms with Crippen molar-refractivity contribution in [3.63, 3.8) is 0 Å². The molecule has 0 aromatic heterocycles. The average molecular weight is 682 g/mol. The minimum Gasteiger partial charge on any atom is -0.508 e. The first kappa shape index (κ1) is 33.4. The van der Waals surface area contributed by atoms with Gasteiger partial charge in [-0.3, -0.25) is 0 Å². The highest BCUT2D eigenvalue weighted by Gasteiger charge is 2.24. The summed E-state index contributed by atoms with van der Waals surface area (Å²) < 4.78 is 24.8. The molecule has 0 bridgehead atoms. The van der Waals surface area contributed by atoms with Gasteiger partial charge in [0.05, 0.1) is 6.66 Å². The lowest BCUT2D eigenvalue weighted by Gasteiger charge is -2.19. The number of hydrogen-bond acceptors (Lipinski definition) is 5. The molecule has 43 heavy (non-hydrogen) atoms. The van der Waals surface area contributed by atoms with Gasteiger partial charge in [0.15, 0.2) is 0 Å². The minimum absolute atomic E-state index is 0.151. The number of halogens is 4. The molecule has 4 rings (SSSR count). The van der Waals surface area contributed by atoms with Crippen LogP contribution in [0.5, 0.6) is 23.0 Å². The fraction of sp³-hybridized carbons (Fsp3) is 0.273. The Hall–Kier alpha value is -2.53. The van der Waals surface area contributed by atoms with Gasteiger partial charge in [0, 0.05) is 32.9 Å². The van der Waals surface area contributed by atoms with Crippen LogP contribution in [0.15, 0.2) is 60.7 Å². The van der Waals surface area contributed by atoms with E-state index in [4.69, 9.17) is 55.5 Å². The van der Waals surface area contributed by atoms with E-state index in [0.717, 1.165) is 22.3 Å². The van der Waals surface area contributed by atoms with Gasteiger partial charge in [-0.15, -0.1) is 0 Å². The second-order valence-corrected chi connectivity index (χ2v) is 14.7. The Kier molecular flexibility index (Phi) is 10.6. The van der Waals surface area contributed by atoms with Gasteiger partial charge in [0.2, 0.25) is 0 Å². The molecule has 0 aliphatic rings. The fourth-order valence-corrected chi connectivity index (χ4v) is 6.98. The van der Waals surface area contributed by atoms with Gasteiger partial charge in [-0.05, 0) is 81.6 Å². The molecule has 0 radical (unpaired) electrons. The van der Waals surface area contributed by atoms with Crippen molar-refractivity contribution in [1.82, 2.24) is 0 Å². The van der Waals surface area contributed by atoms with Crippen molar-refractivity contribution in [3.05, 3.63) is 114 Å². The molecule has 0 heterocycles. The summed E-state index contributed by atoms with van der Waals surface area (Å²) in [7, 11) is -3.72. The molecule has 5 nitrogen and oxygen atoms in total. The van der Waals surface area contributed by atoms with Crippen molar-refractivity contribution in [3.8, 4) is 23.0 Å². The van der Waals surface area contributed by atoms with E-state index in [9.17, 15) is 14.8 Å². The van der Waals surface area contributed by atoms with Crippen LogP contribution in [0.3, 0.4) is 0 Å². The topological polar surface area (TPSA) is 76.0 Å². The van der Waals surface area contributed by atoms with E-state index >= 15 is 0 Å². The molecule has 0 fully saturated rings. The molecule has 2 N–H and O–H groups in total. The highest BCUT2D eigenvalue weighted by atomic mass is 35.5. The lowest BCUT2D eigenvalue weighted by Crippen LogP contribution is -2.01. The Bertz CT molecular complexity index is 1540. The summed E-state index contributed by atoms with van der Waals surface area (Å²) in [6.45, 7) is 9.35. The molecule has 0 saturated carbocycles. The quantitative estimate of drug-likeness (QED) is 0.163. The minimum atomic E-state index is -3.72. The normalized spacial score (nSPS) is 11.8. The standard InChI is InChI=1S/C33H33Cl4O5P/c1-18(2)24-10-20(6-8-32(24)38)12-26-28(34)14-22(15-29(26)35)41-43(5,40)42-23-16-30(36)27(31(37)17-23)13-21-7-9-33(39)25(11-21)19(3)4/h6-11,14-19,38-39H,12-13H2,1-5H3. The van der Waals surface area contributed by atoms with Gasteiger partial charge in [0.25, 0.3) is 0 Å². The number of hydrogen-bond donors (Lipinski definition) is 2. The zero-order valence-corrected chi connectivity index (χ0v) is 28.3. The molecule has 0 amide bonds. The van der Waals surface area contributed by atoms with Crippen molar-refractivity contribution < 1.29 is 23.8 Å². The lowest BCUT2D eigenvalue weighted by molar-refractivity contribution is 0.393. The molecule has 0 aliphatic carbocycles. The third-order valence-corrected chi connectivity index (χ3v) is 9.40. The van der Waals surface area contributed by atoms with Gasteiger partial charge < -0.3 is 19.3 Å². The van der Waals surface area contributed by atoms with Gasteiger partial charge in [-0.25, -0.2) is 4.57 Å². The molecular formula is C33H33Cl4O5P. The summed E-state index contributed by atoms with van der Waals surface area (Å²) in [4.78, 5) is 0. The van der Waals surface area contributed by atoms with Crippen LogP contribution in [0.4, 0.5) is 0 Å². The van der Waals surface area contributed by atoms with E-state index in [0.29, 0.717) is 44.1 Å². The van der Waals surface area contributed by atoms with Crippen molar-refractivity contribution in [2.45, 2.75) is 52.4 Å². The molecule has 228 valence electrons. The van der Waals surface area contributed by atoms with E-state index in [-0.39, 0.29) is 34.8 Å². The van der Waals surface area contributed by atoms with Crippen molar-refractivity contribution >= 4 is 54.0 Å². The maximum atomic E-state index is 13.4. The molecule has 0 spiro atoms. The smallest absolute Gasteiger partial charge is 0.427 e. The van der Waals surface area contributed by atoms with E-state index in [1.807, 2.05) is 52.0 Å². The van der Waals surface area contributed by atoms with E-state index in [1.165, 1.54) is 30.9 Å². The molecule has 0 saturated heterocycles. The Labute approximate surface area is 272 Å². The SMILES string of the molecule is CC(C)c1cc(Cc2c(Cl)cc(OP(C)(=O)Oc3cc(Cl)c(Cc4ccc(O)c(C(C)C)c4)c(Cl)c3)cc2Cl)ccc1O. The molecular weight excluding hydrogens is 649 g/mol. The average Bonchev–Trinajstić information content (AvgIpc) is 2.89. The highest BCUT2D eigenvalue weighted by Crippen LogP contribution is 2.48. The van der Waals surface area contributed by atoms with E-state index < -0.39 is 7.60 Å². The Morgan fingerprint density at radius 3 is 1.26 bits per heavy atom. The number of phenolic OH excluding ortho intramolecular Hbond substituents is 2. The van der Waals surface area contributed by atoms with Crippen LogP contribution in [0.25, 0.3) is 0 Å². The first-order chi connectivity index (χ1) is 20.1. The van der Waals surface area contributed by atoms with Crippen molar-refractivity contribution in [1.29, 1.82) is 0 Å². The Balaban J connectivity index is 1.49. The number of phenols is 2. The summed E-state index contributed by atoms with van der Waals surface area (Å²) in [5.41, 5.74) is 4.89. The summed E-state index contributed by atoms with van der Waals surface area (Å²) in [6.07, 6.45) is 0.870. The highest BCUT2D eigenvalue weighted by molar-refractivity contribution is 7.53.